The number of nitrogens with one attached hydrogen (secondary N) is 1. The van der Waals surface area contributed by atoms with Crippen molar-refractivity contribution in [1.82, 2.24) is 14.1 Å². The summed E-state index contributed by atoms with van der Waals surface area (Å²) in [7, 11) is 0. The van der Waals surface area contributed by atoms with Crippen molar-refractivity contribution in [2.75, 3.05) is 44.4 Å². The van der Waals surface area contributed by atoms with E-state index in [1.165, 1.54) is 105 Å². The van der Waals surface area contributed by atoms with E-state index in [2.05, 4.69) is 21.0 Å². The third kappa shape index (κ3) is 24.8. The van der Waals surface area contributed by atoms with Gasteiger partial charge in [0.2, 0.25) is 5.82 Å². The maximum atomic E-state index is 13.1. The highest BCUT2D eigenvalue weighted by molar-refractivity contribution is 6.99. The van der Waals surface area contributed by atoms with Gasteiger partial charge in [0, 0.05) is 31.6 Å². The summed E-state index contributed by atoms with van der Waals surface area (Å²) < 4.78 is 51.4. The zero-order valence-electron chi connectivity index (χ0n) is 40.5. The van der Waals surface area contributed by atoms with E-state index < -0.39 is 72.4 Å². The first-order valence-electron chi connectivity index (χ1n) is 23.7. The van der Waals surface area contributed by atoms with Crippen molar-refractivity contribution in [2.45, 2.75) is 207 Å². The molecule has 0 saturated carbocycles. The van der Waals surface area contributed by atoms with Gasteiger partial charge in [-0.3, -0.25) is 4.79 Å². The number of aromatic nitrogens is 2. The van der Waals surface area contributed by atoms with Crippen LogP contribution < -0.4 is 15.0 Å². The average Bonchev–Trinajstić information content (AvgIpc) is 3.74. The van der Waals surface area contributed by atoms with Crippen molar-refractivity contribution in [3.8, 4) is 5.88 Å². The van der Waals surface area contributed by atoms with Gasteiger partial charge in [-0.25, -0.2) is 24.0 Å². The molecule has 1 N–H and O–H groups in total. The van der Waals surface area contributed by atoms with Gasteiger partial charge in [-0.15, -0.1) is 4.37 Å². The van der Waals surface area contributed by atoms with Gasteiger partial charge in [0.05, 0.1) is 24.9 Å². The molecule has 0 aliphatic carbocycles. The van der Waals surface area contributed by atoms with E-state index >= 15 is 0 Å². The second-order valence-electron chi connectivity index (χ2n) is 17.6. The Labute approximate surface area is 390 Å². The Hall–Kier alpha value is -4.10. The van der Waals surface area contributed by atoms with Crippen LogP contribution in [-0.2, 0) is 61.9 Å². The minimum Gasteiger partial charge on any atom is -0.470 e. The lowest BCUT2D eigenvalue weighted by atomic mass is 10.0. The average molecular weight is 943 g/mol. The molecule has 0 bridgehead atoms. The van der Waals surface area contributed by atoms with Crippen LogP contribution in [0.25, 0.3) is 0 Å². The van der Waals surface area contributed by atoms with E-state index in [-0.39, 0.29) is 25.1 Å². The highest BCUT2D eigenvalue weighted by atomic mass is 32.1. The van der Waals surface area contributed by atoms with Crippen molar-refractivity contribution >= 4 is 53.4 Å². The van der Waals surface area contributed by atoms with Gasteiger partial charge in [0.25, 0.3) is 5.88 Å². The molecule has 2 heterocycles. The van der Waals surface area contributed by atoms with E-state index in [4.69, 9.17) is 37.9 Å². The number of morpholine rings is 1. The maximum Gasteiger partial charge on any atom is 0.347 e. The summed E-state index contributed by atoms with van der Waals surface area (Å²) in [6.07, 6.45) is 10.3. The van der Waals surface area contributed by atoms with E-state index in [9.17, 15) is 28.8 Å². The Morgan fingerprint density at radius 2 is 1.00 bits per heavy atom. The van der Waals surface area contributed by atoms with Gasteiger partial charge in [-0.05, 0) is 61.8 Å². The number of unbranched alkanes of at least 4 members (excludes halogenated alkanes) is 14. The number of hydrogen-bond donors (Lipinski definition) is 1. The zero-order chi connectivity index (χ0) is 48.2. The van der Waals surface area contributed by atoms with Crippen LogP contribution in [0.15, 0.2) is 0 Å². The molecule has 0 radical (unpaired) electrons. The summed E-state index contributed by atoms with van der Waals surface area (Å²) in [5.74, 6) is -4.74. The van der Waals surface area contributed by atoms with Crippen LogP contribution in [0.2, 0.25) is 0 Å². The molecule has 1 aromatic rings. The topological polar surface area (TPSA) is 217 Å². The van der Waals surface area contributed by atoms with Crippen molar-refractivity contribution < 1.29 is 66.7 Å². The summed E-state index contributed by atoms with van der Waals surface area (Å²) in [6, 6.07) is 0. The number of hydrogen-bond acceptors (Lipinski definition) is 19. The van der Waals surface area contributed by atoms with Crippen molar-refractivity contribution in [3.63, 3.8) is 0 Å². The van der Waals surface area contributed by atoms with Gasteiger partial charge in [-0.1, -0.05) is 96.8 Å². The molecule has 1 aliphatic rings. The molecule has 1 aliphatic heterocycles. The van der Waals surface area contributed by atoms with Gasteiger partial charge in [0.1, 0.15) is 12.7 Å². The molecular weight excluding hydrogens is 865 g/mol. The first-order valence-corrected chi connectivity index (χ1v) is 24.4. The third-order valence-corrected chi connectivity index (χ3v) is 10.9. The van der Waals surface area contributed by atoms with E-state index in [1.807, 2.05) is 25.7 Å². The minimum atomic E-state index is -1.51. The predicted octanol–water partition coefficient (Wildman–Crippen LogP) is 6.97. The van der Waals surface area contributed by atoms with Crippen LogP contribution in [0, 0.1) is 0 Å². The molecule has 0 spiro atoms. The molecule has 2 rings (SSSR count). The van der Waals surface area contributed by atoms with Crippen LogP contribution in [0.1, 0.15) is 165 Å². The molecule has 65 heavy (non-hydrogen) atoms. The van der Waals surface area contributed by atoms with E-state index in [0.29, 0.717) is 44.4 Å². The van der Waals surface area contributed by atoms with Crippen molar-refractivity contribution in [1.29, 1.82) is 0 Å². The van der Waals surface area contributed by atoms with E-state index in [1.54, 1.807) is 0 Å². The molecule has 1 saturated heterocycles. The highest BCUT2D eigenvalue weighted by Gasteiger charge is 2.32. The van der Waals surface area contributed by atoms with E-state index in [0.717, 1.165) is 31.0 Å². The van der Waals surface area contributed by atoms with Crippen LogP contribution in [-0.4, -0.2) is 126 Å². The molecule has 1 aromatic heterocycles. The third-order valence-electron chi connectivity index (χ3n) is 10.4. The van der Waals surface area contributed by atoms with Gasteiger partial charge < -0.3 is 48.1 Å². The summed E-state index contributed by atoms with van der Waals surface area (Å²) >= 11 is 0.997. The minimum absolute atomic E-state index is 0.0766. The molecule has 372 valence electrons. The summed E-state index contributed by atoms with van der Waals surface area (Å²) in [6.45, 7) is 16.9. The standard InChI is InChI=1S/C46H78N4O14S/c1-10-11-12-13-14-15-16-17-18-19-20-21-22-23-24-25-38(51)59-32(2)41(52)60-33(3)42(53)61-34(4)43(54)62-35(5)44(55)63-36(6)45(56)64-37(30-47-46(7,8)9)31-58-40-39(48-65-49-40)50-26-28-57-29-27-50/h32-37,47H,10-31H2,1-9H3. The van der Waals surface area contributed by atoms with Crippen molar-refractivity contribution in [2.24, 2.45) is 0 Å². The van der Waals surface area contributed by atoms with Gasteiger partial charge in [-0.2, -0.15) is 4.37 Å². The lowest BCUT2D eigenvalue weighted by Crippen LogP contribution is -2.45. The number of nitrogens with zero attached hydrogens (tertiary/aromatic N) is 3. The molecular formula is C46H78N4O14S. The fourth-order valence-corrected chi connectivity index (χ4v) is 6.96. The lowest BCUT2D eigenvalue weighted by Gasteiger charge is -2.28. The quantitative estimate of drug-likeness (QED) is 0.0427. The number of ether oxygens (including phenoxy) is 8. The Morgan fingerprint density at radius 1 is 0.600 bits per heavy atom. The summed E-state index contributed by atoms with van der Waals surface area (Å²) in [5, 5.41) is 3.27. The van der Waals surface area contributed by atoms with Crippen LogP contribution in [0.4, 0.5) is 5.82 Å². The fourth-order valence-electron chi connectivity index (χ4n) is 6.44. The first kappa shape index (κ1) is 57.0. The Bertz CT molecular complexity index is 1570. The Balaban J connectivity index is 1.68. The van der Waals surface area contributed by atoms with Gasteiger partial charge >= 0.3 is 35.8 Å². The zero-order valence-corrected chi connectivity index (χ0v) is 41.3. The maximum absolute atomic E-state index is 13.1. The summed E-state index contributed by atoms with van der Waals surface area (Å²) in [5.41, 5.74) is -0.322. The Morgan fingerprint density at radius 3 is 1.43 bits per heavy atom. The number of carbonyl (C=O) groups excluding carboxylic acids is 6. The van der Waals surface area contributed by atoms with Crippen molar-refractivity contribution in [3.05, 3.63) is 0 Å². The van der Waals surface area contributed by atoms with Crippen LogP contribution in [0.3, 0.4) is 0 Å². The van der Waals surface area contributed by atoms with Gasteiger partial charge in [0.15, 0.2) is 30.5 Å². The van der Waals surface area contributed by atoms with Crippen LogP contribution >= 0.6 is 11.7 Å². The second-order valence-corrected chi connectivity index (χ2v) is 18.2. The molecule has 0 aromatic carbocycles. The lowest BCUT2D eigenvalue weighted by molar-refractivity contribution is -0.187. The molecule has 6 atom stereocenters. The number of anilines is 1. The summed E-state index contributed by atoms with van der Waals surface area (Å²) in [4.78, 5) is 78.2. The Kier molecular flexibility index (Phi) is 27.9. The predicted molar refractivity (Wildman–Crippen MR) is 243 cm³/mol. The fraction of sp³-hybridized carbons (Fsp3) is 0.826. The normalized spacial score (nSPS) is 15.7. The molecule has 18 nitrogen and oxygen atoms in total. The number of rotatable bonds is 33. The van der Waals surface area contributed by atoms with Crippen LogP contribution in [0.5, 0.6) is 5.88 Å². The molecule has 19 heteroatoms. The number of esters is 6. The largest absolute Gasteiger partial charge is 0.470 e. The second kappa shape index (κ2) is 31.8. The molecule has 0 amide bonds. The SMILES string of the molecule is CCCCCCCCCCCCCCCCCC(=O)OC(C)C(=O)OC(C)C(=O)OC(C)C(=O)OC(C)C(=O)OC(C)C(=O)OC(CNC(C)(C)C)COc1nsnc1N1CCOCC1. The molecule has 6 unspecified atom stereocenters. The number of carbonyl (C=O) groups is 6. The smallest absolute Gasteiger partial charge is 0.347 e. The monoisotopic (exact) mass is 943 g/mol. The first-order chi connectivity index (χ1) is 30.9. The highest BCUT2D eigenvalue weighted by Crippen LogP contribution is 2.26. The molecule has 1 fully saturated rings.